The van der Waals surface area contributed by atoms with Crippen molar-refractivity contribution in [3.05, 3.63) is 0 Å². The number of carboxylic acid groups (broad SMARTS) is 1. The molecule has 4 heteroatoms. The number of rotatable bonds is 3. The minimum atomic E-state index is -1.02. The van der Waals surface area contributed by atoms with Gasteiger partial charge in [0.2, 0.25) is 0 Å². The second-order valence-corrected chi connectivity index (χ2v) is 2.84. The first-order chi connectivity index (χ1) is 4.62. The third-order valence-corrected chi connectivity index (χ3v) is 2.13. The van der Waals surface area contributed by atoms with Gasteiger partial charge in [0.15, 0.2) is 0 Å². The molecule has 0 bridgehead atoms. The van der Waals surface area contributed by atoms with Gasteiger partial charge in [0.1, 0.15) is 6.04 Å². The SMILES string of the molecule is NC(C(=O)O)C1(CO)CC1. The van der Waals surface area contributed by atoms with E-state index in [1.165, 1.54) is 0 Å². The molecule has 0 saturated heterocycles. The molecule has 1 aliphatic rings. The van der Waals surface area contributed by atoms with Crippen LogP contribution in [-0.2, 0) is 4.79 Å². The van der Waals surface area contributed by atoms with E-state index in [4.69, 9.17) is 15.9 Å². The Bertz CT molecular complexity index is 153. The van der Waals surface area contributed by atoms with Crippen LogP contribution in [0.1, 0.15) is 12.8 Å². The molecule has 58 valence electrons. The molecule has 10 heavy (non-hydrogen) atoms. The van der Waals surface area contributed by atoms with Gasteiger partial charge in [-0.05, 0) is 12.8 Å². The maximum absolute atomic E-state index is 10.3. The van der Waals surface area contributed by atoms with Crippen molar-refractivity contribution in [1.82, 2.24) is 0 Å². The Balaban J connectivity index is 2.55. The van der Waals surface area contributed by atoms with Crippen molar-refractivity contribution < 1.29 is 15.0 Å². The van der Waals surface area contributed by atoms with Crippen LogP contribution in [0.2, 0.25) is 0 Å². The van der Waals surface area contributed by atoms with E-state index < -0.39 is 17.4 Å². The molecule has 1 fully saturated rings. The molecule has 0 aromatic carbocycles. The van der Waals surface area contributed by atoms with Gasteiger partial charge in [0, 0.05) is 5.41 Å². The van der Waals surface area contributed by atoms with Gasteiger partial charge in [-0.15, -0.1) is 0 Å². The zero-order valence-corrected chi connectivity index (χ0v) is 5.58. The van der Waals surface area contributed by atoms with E-state index in [-0.39, 0.29) is 6.61 Å². The van der Waals surface area contributed by atoms with Crippen molar-refractivity contribution in [1.29, 1.82) is 0 Å². The molecule has 4 nitrogen and oxygen atoms in total. The molecule has 0 amide bonds. The first kappa shape index (κ1) is 7.50. The lowest BCUT2D eigenvalue weighted by Gasteiger charge is -2.15. The Kier molecular flexibility index (Phi) is 1.66. The molecule has 1 aliphatic carbocycles. The van der Waals surface area contributed by atoms with E-state index >= 15 is 0 Å². The Morgan fingerprint density at radius 3 is 2.30 bits per heavy atom. The number of aliphatic hydroxyl groups excluding tert-OH is 1. The number of aliphatic carboxylic acids is 1. The average molecular weight is 145 g/mol. The summed E-state index contributed by atoms with van der Waals surface area (Å²) in [6.45, 7) is -0.111. The highest BCUT2D eigenvalue weighted by molar-refractivity contribution is 5.75. The quantitative estimate of drug-likeness (QED) is 0.484. The molecule has 1 saturated carbocycles. The van der Waals surface area contributed by atoms with Crippen LogP contribution in [0.5, 0.6) is 0 Å². The predicted octanol–water partition coefficient (Wildman–Crippen LogP) is -0.829. The van der Waals surface area contributed by atoms with E-state index in [0.29, 0.717) is 0 Å². The first-order valence-electron chi connectivity index (χ1n) is 3.22. The van der Waals surface area contributed by atoms with E-state index in [1.807, 2.05) is 0 Å². The smallest absolute Gasteiger partial charge is 0.321 e. The van der Waals surface area contributed by atoms with Gasteiger partial charge in [-0.25, -0.2) is 0 Å². The van der Waals surface area contributed by atoms with Gasteiger partial charge in [-0.1, -0.05) is 0 Å². The molecule has 0 heterocycles. The molecule has 1 unspecified atom stereocenters. The number of hydrogen-bond donors (Lipinski definition) is 3. The number of carbonyl (C=O) groups is 1. The summed E-state index contributed by atoms with van der Waals surface area (Å²) < 4.78 is 0. The van der Waals surface area contributed by atoms with Crippen LogP contribution in [0.4, 0.5) is 0 Å². The summed E-state index contributed by atoms with van der Waals surface area (Å²) in [5.74, 6) is -1.02. The second-order valence-electron chi connectivity index (χ2n) is 2.84. The highest BCUT2D eigenvalue weighted by Crippen LogP contribution is 2.47. The molecule has 0 radical (unpaired) electrons. The molecule has 1 rings (SSSR count). The van der Waals surface area contributed by atoms with Crippen molar-refractivity contribution in [3.63, 3.8) is 0 Å². The summed E-state index contributed by atoms with van der Waals surface area (Å²) in [4.78, 5) is 10.3. The summed E-state index contributed by atoms with van der Waals surface area (Å²) >= 11 is 0. The van der Waals surface area contributed by atoms with Crippen LogP contribution in [0.3, 0.4) is 0 Å². The van der Waals surface area contributed by atoms with Gasteiger partial charge in [-0.3, -0.25) is 4.79 Å². The summed E-state index contributed by atoms with van der Waals surface area (Å²) in [5, 5.41) is 17.2. The molecular weight excluding hydrogens is 134 g/mol. The predicted molar refractivity (Wildman–Crippen MR) is 34.4 cm³/mol. The van der Waals surface area contributed by atoms with Crippen LogP contribution in [0, 0.1) is 5.41 Å². The summed E-state index contributed by atoms with van der Waals surface area (Å²) in [6.07, 6.45) is 1.47. The first-order valence-corrected chi connectivity index (χ1v) is 3.22. The lowest BCUT2D eigenvalue weighted by Crippen LogP contribution is -2.41. The third-order valence-electron chi connectivity index (χ3n) is 2.13. The van der Waals surface area contributed by atoms with Gasteiger partial charge >= 0.3 is 5.97 Å². The van der Waals surface area contributed by atoms with Crippen molar-refractivity contribution in [2.75, 3.05) is 6.61 Å². The Hall–Kier alpha value is -0.610. The highest BCUT2D eigenvalue weighted by atomic mass is 16.4. The van der Waals surface area contributed by atoms with Crippen molar-refractivity contribution in [3.8, 4) is 0 Å². The monoisotopic (exact) mass is 145 g/mol. The zero-order chi connectivity index (χ0) is 7.78. The lowest BCUT2D eigenvalue weighted by molar-refractivity contribution is -0.140. The topological polar surface area (TPSA) is 83.6 Å². The Morgan fingerprint density at radius 2 is 2.20 bits per heavy atom. The van der Waals surface area contributed by atoms with E-state index in [1.54, 1.807) is 0 Å². The minimum absolute atomic E-state index is 0.111. The maximum Gasteiger partial charge on any atom is 0.321 e. The standard InChI is InChI=1S/C6H11NO3/c7-4(5(9)10)6(3-8)1-2-6/h4,8H,1-3,7H2,(H,9,10). The normalized spacial score (nSPS) is 23.8. The van der Waals surface area contributed by atoms with Gasteiger partial charge in [-0.2, -0.15) is 0 Å². The van der Waals surface area contributed by atoms with E-state index in [2.05, 4.69) is 0 Å². The number of nitrogens with two attached hydrogens (primary N) is 1. The summed E-state index contributed by atoms with van der Waals surface area (Å²) in [7, 11) is 0. The van der Waals surface area contributed by atoms with Crippen molar-refractivity contribution in [2.45, 2.75) is 18.9 Å². The third kappa shape index (κ3) is 0.998. The molecule has 0 aliphatic heterocycles. The van der Waals surface area contributed by atoms with E-state index in [0.717, 1.165) is 12.8 Å². The lowest BCUT2D eigenvalue weighted by atomic mass is 9.99. The van der Waals surface area contributed by atoms with Crippen LogP contribution in [-0.4, -0.2) is 28.8 Å². The fraction of sp³-hybridized carbons (Fsp3) is 0.833. The summed E-state index contributed by atoms with van der Waals surface area (Å²) in [6, 6.07) is -0.891. The second kappa shape index (κ2) is 2.21. The molecule has 0 aromatic rings. The van der Waals surface area contributed by atoms with Gasteiger partial charge in [0.05, 0.1) is 6.61 Å². The molecule has 1 atom stereocenters. The number of carboxylic acids is 1. The van der Waals surface area contributed by atoms with Gasteiger partial charge < -0.3 is 15.9 Å². The van der Waals surface area contributed by atoms with Crippen molar-refractivity contribution >= 4 is 5.97 Å². The molecular formula is C6H11NO3. The summed E-state index contributed by atoms with van der Waals surface area (Å²) in [5.41, 5.74) is 4.81. The fourth-order valence-electron chi connectivity index (χ4n) is 0.990. The molecule has 4 N–H and O–H groups in total. The van der Waals surface area contributed by atoms with Crippen LogP contribution < -0.4 is 5.73 Å². The Labute approximate surface area is 58.6 Å². The fourth-order valence-corrected chi connectivity index (χ4v) is 0.990. The van der Waals surface area contributed by atoms with Crippen LogP contribution in [0.15, 0.2) is 0 Å². The molecule has 0 aromatic heterocycles. The highest BCUT2D eigenvalue weighted by Gasteiger charge is 2.50. The van der Waals surface area contributed by atoms with Crippen LogP contribution >= 0.6 is 0 Å². The average Bonchev–Trinajstić information content (AvgIpc) is 2.66. The van der Waals surface area contributed by atoms with E-state index in [9.17, 15) is 4.79 Å². The Morgan fingerprint density at radius 1 is 1.70 bits per heavy atom. The maximum atomic E-state index is 10.3. The van der Waals surface area contributed by atoms with Crippen LogP contribution in [0.25, 0.3) is 0 Å². The molecule has 0 spiro atoms. The zero-order valence-electron chi connectivity index (χ0n) is 5.58. The largest absolute Gasteiger partial charge is 0.480 e. The van der Waals surface area contributed by atoms with Gasteiger partial charge in [0.25, 0.3) is 0 Å². The number of aliphatic hydroxyl groups is 1. The van der Waals surface area contributed by atoms with Crippen molar-refractivity contribution in [2.24, 2.45) is 11.1 Å². The minimum Gasteiger partial charge on any atom is -0.480 e. The number of hydrogen-bond acceptors (Lipinski definition) is 3.